The number of nitrogens with zero attached hydrogens (tertiary/aromatic N) is 1. The molecule has 0 bridgehead atoms. The first kappa shape index (κ1) is 19.9. The van der Waals surface area contributed by atoms with Crippen LogP contribution in [0.5, 0.6) is 5.75 Å². The quantitative estimate of drug-likeness (QED) is 0.656. The van der Waals surface area contributed by atoms with Gasteiger partial charge in [-0.2, -0.15) is 8.78 Å². The van der Waals surface area contributed by atoms with Gasteiger partial charge in [0.05, 0.1) is 17.2 Å². The van der Waals surface area contributed by atoms with Gasteiger partial charge in [-0.25, -0.2) is 0 Å². The molecular weight excluding hydrogens is 392 g/mol. The van der Waals surface area contributed by atoms with E-state index in [9.17, 15) is 18.4 Å². The van der Waals surface area contributed by atoms with Gasteiger partial charge in [-0.15, -0.1) is 0 Å². The van der Waals surface area contributed by atoms with Gasteiger partial charge in [0.1, 0.15) is 5.75 Å². The number of aromatic amines is 1. The van der Waals surface area contributed by atoms with Crippen LogP contribution in [0.3, 0.4) is 0 Å². The number of likely N-dealkylation sites (tertiary alicyclic amines) is 1. The van der Waals surface area contributed by atoms with Crippen LogP contribution >= 0.6 is 0 Å². The number of para-hydroxylation sites is 1. The van der Waals surface area contributed by atoms with E-state index >= 15 is 0 Å². The maximum Gasteiger partial charge on any atom is 0.387 e. The van der Waals surface area contributed by atoms with Crippen LogP contribution in [0.25, 0.3) is 10.9 Å². The molecule has 2 amide bonds. The molecule has 6 nitrogen and oxygen atoms in total. The highest BCUT2D eigenvalue weighted by Crippen LogP contribution is 2.27. The first-order valence-electron chi connectivity index (χ1n) is 9.73. The van der Waals surface area contributed by atoms with Gasteiger partial charge < -0.3 is 19.9 Å². The number of ether oxygens (including phenoxy) is 1. The minimum absolute atomic E-state index is 0.0657. The number of piperidine rings is 1. The van der Waals surface area contributed by atoms with Crippen molar-refractivity contribution in [3.05, 3.63) is 60.3 Å². The second-order valence-electron chi connectivity index (χ2n) is 7.20. The van der Waals surface area contributed by atoms with Gasteiger partial charge in [-0.3, -0.25) is 9.59 Å². The summed E-state index contributed by atoms with van der Waals surface area (Å²) < 4.78 is 29.8. The molecule has 0 aliphatic carbocycles. The number of nitrogens with one attached hydrogen (secondary N) is 2. The van der Waals surface area contributed by atoms with Crippen LogP contribution in [0.15, 0.2) is 54.7 Å². The van der Waals surface area contributed by atoms with Gasteiger partial charge in [-0.1, -0.05) is 18.2 Å². The number of carbonyl (C=O) groups is 2. The number of amides is 2. The van der Waals surface area contributed by atoms with E-state index in [0.717, 1.165) is 10.9 Å². The molecule has 156 valence electrons. The summed E-state index contributed by atoms with van der Waals surface area (Å²) in [6.45, 7) is -2.34. The molecule has 1 aliphatic heterocycles. The van der Waals surface area contributed by atoms with E-state index in [-0.39, 0.29) is 29.7 Å². The van der Waals surface area contributed by atoms with Crippen molar-refractivity contribution in [2.75, 3.05) is 18.4 Å². The summed E-state index contributed by atoms with van der Waals surface area (Å²) in [5.74, 6) is -1.14. The number of H-pyrrole nitrogens is 1. The molecule has 2 aromatic carbocycles. The number of hydrogen-bond donors (Lipinski definition) is 2. The summed E-state index contributed by atoms with van der Waals surface area (Å²) in [5, 5.41) is 3.87. The number of alkyl halides is 2. The number of anilines is 1. The van der Waals surface area contributed by atoms with Gasteiger partial charge in [0.25, 0.3) is 5.91 Å². The van der Waals surface area contributed by atoms with Crippen molar-refractivity contribution in [1.29, 1.82) is 0 Å². The minimum atomic E-state index is -3.02. The Morgan fingerprint density at radius 2 is 1.97 bits per heavy atom. The largest absolute Gasteiger partial charge is 0.434 e. The first-order valence-corrected chi connectivity index (χ1v) is 9.73. The fourth-order valence-corrected chi connectivity index (χ4v) is 3.82. The summed E-state index contributed by atoms with van der Waals surface area (Å²) in [4.78, 5) is 30.4. The van der Waals surface area contributed by atoms with E-state index in [0.29, 0.717) is 25.1 Å². The molecule has 1 unspecified atom stereocenters. The van der Waals surface area contributed by atoms with Crippen molar-refractivity contribution in [2.24, 2.45) is 5.92 Å². The van der Waals surface area contributed by atoms with Crippen LogP contribution in [-0.4, -0.2) is 41.4 Å². The Morgan fingerprint density at radius 3 is 2.80 bits per heavy atom. The van der Waals surface area contributed by atoms with Crippen LogP contribution in [0.2, 0.25) is 0 Å². The van der Waals surface area contributed by atoms with Crippen LogP contribution in [0.1, 0.15) is 23.2 Å². The zero-order chi connectivity index (χ0) is 21.1. The average Bonchev–Trinajstić information content (AvgIpc) is 3.23. The van der Waals surface area contributed by atoms with Crippen LogP contribution in [0, 0.1) is 5.92 Å². The molecule has 3 aromatic rings. The highest BCUT2D eigenvalue weighted by molar-refractivity contribution is 6.02. The lowest BCUT2D eigenvalue weighted by molar-refractivity contribution is -0.121. The third-order valence-electron chi connectivity index (χ3n) is 5.27. The second kappa shape index (κ2) is 8.52. The van der Waals surface area contributed by atoms with Gasteiger partial charge in [0.15, 0.2) is 0 Å². The second-order valence-corrected chi connectivity index (χ2v) is 7.20. The Morgan fingerprint density at radius 1 is 1.13 bits per heavy atom. The summed E-state index contributed by atoms with van der Waals surface area (Å²) in [6.07, 6.45) is 3.10. The summed E-state index contributed by atoms with van der Waals surface area (Å²) >= 11 is 0. The number of carbonyl (C=O) groups excluding carboxylic acids is 2. The lowest BCUT2D eigenvalue weighted by atomic mass is 9.96. The van der Waals surface area contributed by atoms with E-state index in [4.69, 9.17) is 0 Å². The van der Waals surface area contributed by atoms with Gasteiger partial charge in [0.2, 0.25) is 5.91 Å². The summed E-state index contributed by atoms with van der Waals surface area (Å²) in [5.41, 5.74) is 1.69. The number of aromatic nitrogens is 1. The van der Waals surface area contributed by atoms with E-state index < -0.39 is 12.5 Å². The van der Waals surface area contributed by atoms with E-state index in [1.807, 2.05) is 24.3 Å². The van der Waals surface area contributed by atoms with E-state index in [1.165, 1.54) is 23.1 Å². The summed E-state index contributed by atoms with van der Waals surface area (Å²) in [7, 11) is 0. The molecule has 1 aromatic heterocycles. The molecule has 30 heavy (non-hydrogen) atoms. The lowest BCUT2D eigenvalue weighted by Gasteiger charge is -2.32. The topological polar surface area (TPSA) is 74.4 Å². The SMILES string of the molecule is O=C(Nc1cccc2[nH]ccc12)C1CCCN(C(=O)c2ccccc2OC(F)F)C1. The zero-order valence-corrected chi connectivity index (χ0v) is 16.1. The van der Waals surface area contributed by atoms with Gasteiger partial charge in [-0.05, 0) is 43.2 Å². The molecule has 8 heteroatoms. The average molecular weight is 413 g/mol. The Hall–Kier alpha value is -3.42. The molecule has 0 spiro atoms. The van der Waals surface area contributed by atoms with Crippen molar-refractivity contribution < 1.29 is 23.1 Å². The number of fused-ring (bicyclic) bond motifs is 1. The van der Waals surface area contributed by atoms with Crippen molar-refractivity contribution in [2.45, 2.75) is 19.5 Å². The van der Waals surface area contributed by atoms with Crippen LogP contribution in [-0.2, 0) is 4.79 Å². The van der Waals surface area contributed by atoms with Crippen LogP contribution in [0.4, 0.5) is 14.5 Å². The Bertz CT molecular complexity index is 1070. The van der Waals surface area contributed by atoms with Gasteiger partial charge >= 0.3 is 6.61 Å². The standard InChI is InChI=1S/C22H21F2N3O3/c23-22(24)30-19-9-2-1-6-16(19)21(29)27-12-4-5-14(13-27)20(28)26-18-8-3-7-17-15(18)10-11-25-17/h1-3,6-11,14,22,25H,4-5,12-13H2,(H,26,28). The Kier molecular flexibility index (Phi) is 5.65. The predicted octanol–water partition coefficient (Wildman–Crippen LogP) is 4.26. The number of benzene rings is 2. The smallest absolute Gasteiger partial charge is 0.387 e. The van der Waals surface area contributed by atoms with E-state index in [1.54, 1.807) is 12.3 Å². The zero-order valence-electron chi connectivity index (χ0n) is 16.1. The molecule has 1 fully saturated rings. The predicted molar refractivity (Wildman–Crippen MR) is 109 cm³/mol. The van der Waals surface area contributed by atoms with Crippen molar-refractivity contribution in [3.8, 4) is 5.75 Å². The van der Waals surface area contributed by atoms with Crippen LogP contribution < -0.4 is 10.1 Å². The number of halogens is 2. The van der Waals surface area contributed by atoms with E-state index in [2.05, 4.69) is 15.0 Å². The molecule has 2 N–H and O–H groups in total. The normalized spacial score (nSPS) is 16.6. The lowest BCUT2D eigenvalue weighted by Crippen LogP contribution is -2.43. The maximum absolute atomic E-state index is 12.9. The molecule has 0 saturated carbocycles. The highest BCUT2D eigenvalue weighted by atomic mass is 19.3. The highest BCUT2D eigenvalue weighted by Gasteiger charge is 2.30. The Labute approximate surface area is 171 Å². The fraction of sp³-hybridized carbons (Fsp3) is 0.273. The fourth-order valence-electron chi connectivity index (χ4n) is 3.82. The molecule has 4 rings (SSSR count). The molecule has 0 radical (unpaired) electrons. The molecule has 1 aliphatic rings. The molecule has 2 heterocycles. The molecule has 1 saturated heterocycles. The first-order chi connectivity index (χ1) is 14.5. The van der Waals surface area contributed by atoms with Gasteiger partial charge in [0, 0.05) is 30.2 Å². The number of hydrogen-bond acceptors (Lipinski definition) is 3. The minimum Gasteiger partial charge on any atom is -0.434 e. The molecular formula is C22H21F2N3O3. The number of rotatable bonds is 5. The van der Waals surface area contributed by atoms with Crippen molar-refractivity contribution in [1.82, 2.24) is 9.88 Å². The van der Waals surface area contributed by atoms with Crippen molar-refractivity contribution in [3.63, 3.8) is 0 Å². The summed E-state index contributed by atoms with van der Waals surface area (Å²) in [6, 6.07) is 13.4. The third kappa shape index (κ3) is 4.12. The molecule has 1 atom stereocenters. The third-order valence-corrected chi connectivity index (χ3v) is 5.27. The maximum atomic E-state index is 12.9. The monoisotopic (exact) mass is 413 g/mol. The Balaban J connectivity index is 1.47. The van der Waals surface area contributed by atoms with Crippen molar-refractivity contribution >= 4 is 28.4 Å².